The number of rotatable bonds is 3. The molecule has 0 saturated carbocycles. The zero-order valence-electron chi connectivity index (χ0n) is 13.2. The molecule has 0 amide bonds. The van der Waals surface area contributed by atoms with E-state index in [0.29, 0.717) is 6.54 Å². The van der Waals surface area contributed by atoms with Gasteiger partial charge in [-0.25, -0.2) is 4.98 Å². The van der Waals surface area contributed by atoms with Crippen LogP contribution < -0.4 is 10.6 Å². The summed E-state index contributed by atoms with van der Waals surface area (Å²) in [7, 11) is 0. The number of piperidine rings is 2. The Morgan fingerprint density at radius 3 is 2.43 bits per heavy atom. The van der Waals surface area contributed by atoms with Gasteiger partial charge in [0.15, 0.2) is 0 Å². The number of hydrogen-bond acceptors (Lipinski definition) is 4. The van der Waals surface area contributed by atoms with Gasteiger partial charge in [-0.1, -0.05) is 12.5 Å². The molecule has 0 spiro atoms. The molecule has 1 aromatic rings. The normalized spacial score (nSPS) is 21.7. The number of anilines is 1. The van der Waals surface area contributed by atoms with Crippen molar-refractivity contribution < 1.29 is 0 Å². The average Bonchev–Trinajstić information content (AvgIpc) is 2.56. The number of nitrogens with zero attached hydrogens (tertiary/aromatic N) is 3. The Hall–Kier alpha value is -1.13. The minimum absolute atomic E-state index is 0.580. The lowest BCUT2D eigenvalue weighted by Crippen LogP contribution is -2.47. The second-order valence-corrected chi connectivity index (χ2v) is 6.43. The van der Waals surface area contributed by atoms with Crippen LogP contribution in [0.25, 0.3) is 0 Å². The molecule has 0 unspecified atom stereocenters. The quantitative estimate of drug-likeness (QED) is 0.927. The van der Waals surface area contributed by atoms with E-state index in [1.54, 1.807) is 0 Å². The van der Waals surface area contributed by atoms with Crippen molar-refractivity contribution in [3.05, 3.63) is 23.4 Å². The lowest BCUT2D eigenvalue weighted by atomic mass is 10.00. The summed E-state index contributed by atoms with van der Waals surface area (Å²) in [6.07, 6.45) is 6.76. The van der Waals surface area contributed by atoms with Gasteiger partial charge < -0.3 is 15.5 Å². The maximum absolute atomic E-state index is 5.72. The monoisotopic (exact) mass is 288 g/mol. The number of nitrogens with two attached hydrogens (primary N) is 1. The van der Waals surface area contributed by atoms with Gasteiger partial charge in [0.2, 0.25) is 0 Å². The second-order valence-electron chi connectivity index (χ2n) is 6.43. The van der Waals surface area contributed by atoms with Gasteiger partial charge in [-0.2, -0.15) is 0 Å². The first kappa shape index (κ1) is 14.8. The fourth-order valence-corrected chi connectivity index (χ4v) is 3.71. The molecule has 3 rings (SSSR count). The number of hydrogen-bond donors (Lipinski definition) is 1. The van der Waals surface area contributed by atoms with Crippen LogP contribution in [0.15, 0.2) is 12.1 Å². The van der Waals surface area contributed by atoms with Crippen molar-refractivity contribution >= 4 is 5.82 Å². The minimum Gasteiger partial charge on any atom is -0.356 e. The van der Waals surface area contributed by atoms with E-state index >= 15 is 0 Å². The van der Waals surface area contributed by atoms with Crippen LogP contribution in [0.2, 0.25) is 0 Å². The highest BCUT2D eigenvalue weighted by Gasteiger charge is 2.26. The average molecular weight is 288 g/mol. The first-order chi connectivity index (χ1) is 10.3. The van der Waals surface area contributed by atoms with E-state index < -0.39 is 0 Å². The number of aryl methyl sites for hydroxylation is 1. The Balaban J connectivity index is 1.58. The smallest absolute Gasteiger partial charge is 0.128 e. The highest BCUT2D eigenvalue weighted by molar-refractivity contribution is 5.42. The summed E-state index contributed by atoms with van der Waals surface area (Å²) < 4.78 is 0. The Morgan fingerprint density at radius 1 is 1.10 bits per heavy atom. The molecule has 0 bridgehead atoms. The van der Waals surface area contributed by atoms with Crippen molar-refractivity contribution in [2.75, 3.05) is 31.1 Å². The lowest BCUT2D eigenvalue weighted by Gasteiger charge is -2.40. The van der Waals surface area contributed by atoms with Gasteiger partial charge in [0, 0.05) is 31.4 Å². The van der Waals surface area contributed by atoms with Gasteiger partial charge in [-0.3, -0.25) is 0 Å². The first-order valence-corrected chi connectivity index (χ1v) is 8.43. The van der Waals surface area contributed by atoms with Gasteiger partial charge in [0.1, 0.15) is 5.82 Å². The van der Waals surface area contributed by atoms with Crippen LogP contribution in [0.5, 0.6) is 0 Å². The molecular weight excluding hydrogens is 260 g/mol. The van der Waals surface area contributed by atoms with Crippen LogP contribution in [-0.4, -0.2) is 42.1 Å². The Bertz CT molecular complexity index is 460. The molecule has 1 aromatic heterocycles. The molecule has 2 aliphatic rings. The summed E-state index contributed by atoms with van der Waals surface area (Å²) in [6, 6.07) is 5.07. The van der Waals surface area contributed by atoms with E-state index in [-0.39, 0.29) is 0 Å². The molecule has 0 radical (unpaired) electrons. The summed E-state index contributed by atoms with van der Waals surface area (Å²) in [4.78, 5) is 9.90. The van der Waals surface area contributed by atoms with Gasteiger partial charge in [-0.15, -0.1) is 0 Å². The van der Waals surface area contributed by atoms with E-state index in [4.69, 9.17) is 10.7 Å². The van der Waals surface area contributed by atoms with Crippen molar-refractivity contribution in [2.24, 2.45) is 5.73 Å². The third-order valence-corrected chi connectivity index (χ3v) is 5.10. The van der Waals surface area contributed by atoms with Crippen LogP contribution in [0.4, 0.5) is 5.82 Å². The predicted molar refractivity (Wildman–Crippen MR) is 87.5 cm³/mol. The van der Waals surface area contributed by atoms with E-state index in [0.717, 1.165) is 36.2 Å². The van der Waals surface area contributed by atoms with Crippen molar-refractivity contribution in [3.63, 3.8) is 0 Å². The van der Waals surface area contributed by atoms with E-state index in [9.17, 15) is 0 Å². The van der Waals surface area contributed by atoms with Crippen LogP contribution in [0.1, 0.15) is 43.4 Å². The second kappa shape index (κ2) is 6.75. The fourth-order valence-electron chi connectivity index (χ4n) is 3.71. The molecule has 4 nitrogen and oxygen atoms in total. The molecule has 3 heterocycles. The van der Waals surface area contributed by atoms with Crippen LogP contribution in [0.3, 0.4) is 0 Å². The molecule has 0 aromatic carbocycles. The first-order valence-electron chi connectivity index (χ1n) is 8.43. The maximum Gasteiger partial charge on any atom is 0.128 e. The summed E-state index contributed by atoms with van der Waals surface area (Å²) >= 11 is 0. The van der Waals surface area contributed by atoms with Crippen molar-refractivity contribution in [2.45, 2.75) is 51.6 Å². The molecule has 2 fully saturated rings. The van der Waals surface area contributed by atoms with Crippen molar-refractivity contribution in [3.8, 4) is 0 Å². The van der Waals surface area contributed by atoms with Gasteiger partial charge in [-0.05, 0) is 57.3 Å². The largest absolute Gasteiger partial charge is 0.356 e. The Morgan fingerprint density at radius 2 is 1.81 bits per heavy atom. The predicted octanol–water partition coefficient (Wildman–Crippen LogP) is 2.30. The maximum atomic E-state index is 5.72. The third-order valence-electron chi connectivity index (χ3n) is 5.10. The van der Waals surface area contributed by atoms with Gasteiger partial charge >= 0.3 is 0 Å². The zero-order chi connectivity index (χ0) is 14.7. The standard InChI is InChI=1S/C17H28N4/c1-14-15(13-18)5-6-17(19-14)21-11-7-16(8-12-21)20-9-3-2-4-10-20/h5-6,16H,2-4,7-13,18H2,1H3. The Kier molecular flexibility index (Phi) is 4.76. The highest BCUT2D eigenvalue weighted by atomic mass is 15.2. The molecule has 21 heavy (non-hydrogen) atoms. The number of pyridine rings is 1. The third kappa shape index (κ3) is 3.38. The molecule has 0 aliphatic carbocycles. The van der Waals surface area contributed by atoms with Crippen LogP contribution in [0, 0.1) is 6.92 Å². The summed E-state index contributed by atoms with van der Waals surface area (Å²) in [6.45, 7) is 7.54. The summed E-state index contributed by atoms with van der Waals surface area (Å²) in [5.74, 6) is 1.13. The molecular formula is C17H28N4. The fraction of sp³-hybridized carbons (Fsp3) is 0.706. The van der Waals surface area contributed by atoms with E-state index in [1.807, 2.05) is 0 Å². The minimum atomic E-state index is 0.580. The SMILES string of the molecule is Cc1nc(N2CCC(N3CCCCC3)CC2)ccc1CN. The highest BCUT2D eigenvalue weighted by Crippen LogP contribution is 2.24. The summed E-state index contributed by atoms with van der Waals surface area (Å²) in [5.41, 5.74) is 7.95. The van der Waals surface area contributed by atoms with Crippen molar-refractivity contribution in [1.82, 2.24) is 9.88 Å². The van der Waals surface area contributed by atoms with Crippen LogP contribution in [-0.2, 0) is 6.54 Å². The topological polar surface area (TPSA) is 45.4 Å². The zero-order valence-corrected chi connectivity index (χ0v) is 13.2. The molecule has 2 N–H and O–H groups in total. The van der Waals surface area contributed by atoms with Gasteiger partial charge in [0.25, 0.3) is 0 Å². The summed E-state index contributed by atoms with van der Waals surface area (Å²) in [5, 5.41) is 0. The van der Waals surface area contributed by atoms with Crippen LogP contribution >= 0.6 is 0 Å². The molecule has 2 aliphatic heterocycles. The number of likely N-dealkylation sites (tertiary alicyclic amines) is 1. The van der Waals surface area contributed by atoms with Gasteiger partial charge in [0.05, 0.1) is 0 Å². The Labute approximate surface area is 128 Å². The molecule has 4 heteroatoms. The molecule has 116 valence electrons. The van der Waals surface area contributed by atoms with E-state index in [1.165, 1.54) is 45.2 Å². The van der Waals surface area contributed by atoms with Crippen molar-refractivity contribution in [1.29, 1.82) is 0 Å². The lowest BCUT2D eigenvalue weighted by molar-refractivity contribution is 0.141. The molecule has 0 atom stereocenters. The van der Waals surface area contributed by atoms with E-state index in [2.05, 4.69) is 28.9 Å². The number of aromatic nitrogens is 1. The molecule has 2 saturated heterocycles.